The highest BCUT2D eigenvalue weighted by atomic mass is 16.4. The summed E-state index contributed by atoms with van der Waals surface area (Å²) in [4.78, 5) is 27.3. The topological polar surface area (TPSA) is 83.6 Å². The minimum atomic E-state index is -1.30. The van der Waals surface area contributed by atoms with E-state index >= 15 is 0 Å². The number of hydrogen-bond donors (Lipinski definition) is 1. The van der Waals surface area contributed by atoms with Crippen molar-refractivity contribution in [1.82, 2.24) is 9.88 Å². The summed E-state index contributed by atoms with van der Waals surface area (Å²) in [6.07, 6.45) is 2.59. The van der Waals surface area contributed by atoms with E-state index in [4.69, 9.17) is 9.52 Å². The van der Waals surface area contributed by atoms with Crippen molar-refractivity contribution < 1.29 is 19.1 Å². The van der Waals surface area contributed by atoms with Crippen molar-refractivity contribution in [3.05, 3.63) is 18.4 Å². The molecule has 0 unspecified atom stereocenters. The molecule has 1 amide bonds. The maximum Gasteiger partial charge on any atom is 0.329 e. The van der Waals surface area contributed by atoms with E-state index in [2.05, 4.69) is 4.98 Å². The van der Waals surface area contributed by atoms with Gasteiger partial charge in [-0.2, -0.15) is 0 Å². The molecular weight excluding hydrogens is 200 g/mol. The number of carbonyl (C=O) groups is 2. The predicted octanol–water partition coefficient (Wildman–Crippen LogP) is 0.610. The van der Waals surface area contributed by atoms with E-state index in [0.29, 0.717) is 0 Å². The van der Waals surface area contributed by atoms with Gasteiger partial charge in [0.05, 0.1) is 6.20 Å². The Hall–Kier alpha value is -1.85. The van der Waals surface area contributed by atoms with Crippen LogP contribution < -0.4 is 0 Å². The van der Waals surface area contributed by atoms with Crippen LogP contribution in [0, 0.1) is 0 Å². The van der Waals surface area contributed by atoms with Crippen molar-refractivity contribution in [2.24, 2.45) is 0 Å². The minimum Gasteiger partial charge on any atom is -0.480 e. The molecule has 0 saturated carbocycles. The van der Waals surface area contributed by atoms with E-state index < -0.39 is 17.4 Å². The van der Waals surface area contributed by atoms with Gasteiger partial charge in [0, 0.05) is 7.05 Å². The quantitative estimate of drug-likeness (QED) is 0.793. The zero-order valence-corrected chi connectivity index (χ0v) is 8.72. The van der Waals surface area contributed by atoms with E-state index in [-0.39, 0.29) is 5.89 Å². The Kier molecular flexibility index (Phi) is 2.78. The van der Waals surface area contributed by atoms with Gasteiger partial charge in [-0.25, -0.2) is 9.78 Å². The zero-order valence-electron chi connectivity index (χ0n) is 8.72. The van der Waals surface area contributed by atoms with Crippen molar-refractivity contribution in [3.63, 3.8) is 0 Å². The van der Waals surface area contributed by atoms with Crippen LogP contribution in [0.3, 0.4) is 0 Å². The molecule has 0 fully saturated rings. The second-order valence-corrected chi connectivity index (χ2v) is 3.57. The average molecular weight is 212 g/mol. The number of carboxylic acids is 1. The molecule has 0 spiro atoms. The van der Waals surface area contributed by atoms with E-state index in [1.165, 1.54) is 33.4 Å². The molecule has 1 aromatic heterocycles. The van der Waals surface area contributed by atoms with Crippen molar-refractivity contribution in [2.75, 3.05) is 7.05 Å². The summed E-state index contributed by atoms with van der Waals surface area (Å²) in [5.41, 5.74) is -1.30. The van der Waals surface area contributed by atoms with Crippen LogP contribution in [0.4, 0.5) is 0 Å². The van der Waals surface area contributed by atoms with E-state index in [1.807, 2.05) is 0 Å². The fraction of sp³-hybridized carbons (Fsp3) is 0.444. The summed E-state index contributed by atoms with van der Waals surface area (Å²) in [5.74, 6) is -1.77. The molecule has 1 heterocycles. The van der Waals surface area contributed by atoms with Crippen LogP contribution in [-0.4, -0.2) is 39.5 Å². The van der Waals surface area contributed by atoms with Gasteiger partial charge < -0.3 is 14.4 Å². The van der Waals surface area contributed by atoms with Gasteiger partial charge in [-0.1, -0.05) is 0 Å². The van der Waals surface area contributed by atoms with Crippen LogP contribution in [0.1, 0.15) is 24.5 Å². The lowest BCUT2D eigenvalue weighted by Crippen LogP contribution is -2.50. The Labute approximate surface area is 86.5 Å². The molecule has 0 saturated heterocycles. The van der Waals surface area contributed by atoms with E-state index in [9.17, 15) is 9.59 Å². The average Bonchev–Trinajstić information content (AvgIpc) is 2.67. The molecule has 0 aliphatic heterocycles. The first-order valence-electron chi connectivity index (χ1n) is 4.28. The monoisotopic (exact) mass is 212 g/mol. The molecular formula is C9H12N2O4. The third-order valence-corrected chi connectivity index (χ3v) is 2.28. The minimum absolute atomic E-state index is 0.119. The first kappa shape index (κ1) is 11.2. The number of aliphatic carboxylic acids is 1. The van der Waals surface area contributed by atoms with Crippen LogP contribution in [0.15, 0.2) is 16.9 Å². The zero-order chi connectivity index (χ0) is 11.6. The standard InChI is InChI=1S/C9H12N2O4/c1-9(2,8(13)14)11(3)7(12)6-10-4-5-15-6/h4-5H,1-3H3,(H,13,14). The van der Waals surface area contributed by atoms with Gasteiger partial charge in [-0.3, -0.25) is 4.79 Å². The number of carboxylic acid groups (broad SMARTS) is 1. The number of hydrogen-bond acceptors (Lipinski definition) is 4. The van der Waals surface area contributed by atoms with Crippen LogP contribution in [-0.2, 0) is 4.79 Å². The summed E-state index contributed by atoms with van der Waals surface area (Å²) in [7, 11) is 1.39. The molecule has 0 aliphatic carbocycles. The highest BCUT2D eigenvalue weighted by Crippen LogP contribution is 2.15. The summed E-state index contributed by atoms with van der Waals surface area (Å²) >= 11 is 0. The third kappa shape index (κ3) is 1.98. The van der Waals surface area contributed by atoms with Crippen molar-refractivity contribution in [1.29, 1.82) is 0 Å². The molecule has 1 rings (SSSR count). The lowest BCUT2D eigenvalue weighted by Gasteiger charge is -2.30. The van der Waals surface area contributed by atoms with Gasteiger partial charge in [0.2, 0.25) is 0 Å². The van der Waals surface area contributed by atoms with E-state index in [0.717, 1.165) is 4.90 Å². The predicted molar refractivity (Wildman–Crippen MR) is 50.3 cm³/mol. The molecule has 6 heteroatoms. The summed E-state index contributed by atoms with van der Waals surface area (Å²) in [5, 5.41) is 8.91. The number of oxazole rings is 1. The summed E-state index contributed by atoms with van der Waals surface area (Å²) in [6, 6.07) is 0. The largest absolute Gasteiger partial charge is 0.480 e. The highest BCUT2D eigenvalue weighted by Gasteiger charge is 2.36. The molecule has 1 aromatic rings. The van der Waals surface area contributed by atoms with Gasteiger partial charge in [-0.05, 0) is 13.8 Å². The van der Waals surface area contributed by atoms with Gasteiger partial charge in [0.15, 0.2) is 0 Å². The fourth-order valence-electron chi connectivity index (χ4n) is 0.870. The smallest absolute Gasteiger partial charge is 0.329 e. The number of aromatic nitrogens is 1. The SMILES string of the molecule is CN(C(=O)c1ncco1)C(C)(C)C(=O)O. The number of rotatable bonds is 3. The van der Waals surface area contributed by atoms with Gasteiger partial charge in [0.25, 0.3) is 5.89 Å². The maximum absolute atomic E-state index is 11.7. The van der Waals surface area contributed by atoms with Crippen LogP contribution in [0.5, 0.6) is 0 Å². The second-order valence-electron chi connectivity index (χ2n) is 3.57. The number of amides is 1. The lowest BCUT2D eigenvalue weighted by molar-refractivity contribution is -0.147. The highest BCUT2D eigenvalue weighted by molar-refractivity contribution is 5.93. The maximum atomic E-state index is 11.7. The van der Waals surface area contributed by atoms with Crippen LogP contribution in [0.2, 0.25) is 0 Å². The van der Waals surface area contributed by atoms with Crippen molar-refractivity contribution in [3.8, 4) is 0 Å². The molecule has 0 aromatic carbocycles. The molecule has 15 heavy (non-hydrogen) atoms. The first-order valence-corrected chi connectivity index (χ1v) is 4.28. The molecule has 82 valence electrons. The van der Waals surface area contributed by atoms with E-state index in [1.54, 1.807) is 0 Å². The van der Waals surface area contributed by atoms with Gasteiger partial charge in [0.1, 0.15) is 11.8 Å². The normalized spacial score (nSPS) is 11.1. The second kappa shape index (κ2) is 3.72. The molecule has 0 aliphatic rings. The van der Waals surface area contributed by atoms with Crippen molar-refractivity contribution >= 4 is 11.9 Å². The fourth-order valence-corrected chi connectivity index (χ4v) is 0.870. The first-order chi connectivity index (χ1) is 6.87. The number of carbonyl (C=O) groups excluding carboxylic acids is 1. The Morgan fingerprint density at radius 3 is 2.53 bits per heavy atom. The Balaban J connectivity index is 2.91. The lowest BCUT2D eigenvalue weighted by atomic mass is 10.0. The number of likely N-dealkylation sites (N-methyl/N-ethyl adjacent to an activating group) is 1. The van der Waals surface area contributed by atoms with Crippen LogP contribution >= 0.6 is 0 Å². The molecule has 6 nitrogen and oxygen atoms in total. The van der Waals surface area contributed by atoms with Gasteiger partial charge in [-0.15, -0.1) is 0 Å². The van der Waals surface area contributed by atoms with Crippen LogP contribution in [0.25, 0.3) is 0 Å². The number of nitrogens with zero attached hydrogens (tertiary/aromatic N) is 2. The molecule has 0 radical (unpaired) electrons. The van der Waals surface area contributed by atoms with Crippen molar-refractivity contribution in [2.45, 2.75) is 19.4 Å². The molecule has 0 atom stereocenters. The summed E-state index contributed by atoms with van der Waals surface area (Å²) < 4.78 is 4.80. The Morgan fingerprint density at radius 1 is 1.53 bits per heavy atom. The Morgan fingerprint density at radius 2 is 2.13 bits per heavy atom. The summed E-state index contributed by atoms with van der Waals surface area (Å²) in [6.45, 7) is 2.85. The van der Waals surface area contributed by atoms with Gasteiger partial charge >= 0.3 is 11.9 Å². The third-order valence-electron chi connectivity index (χ3n) is 2.28. The Bertz CT molecular complexity index is 369. The molecule has 1 N–H and O–H groups in total. The molecule has 0 bridgehead atoms.